The molecule has 134 valence electrons. The maximum atomic E-state index is 9.81. The normalized spacial score (nSPS) is 26.6. The van der Waals surface area contributed by atoms with Gasteiger partial charge in [0.05, 0.1) is 0 Å². The molecule has 1 aromatic carbocycles. The highest BCUT2D eigenvalue weighted by Gasteiger charge is 2.33. The summed E-state index contributed by atoms with van der Waals surface area (Å²) in [6.07, 6.45) is 5.38. The van der Waals surface area contributed by atoms with Gasteiger partial charge in [-0.05, 0) is 61.5 Å². The number of hydrogen-bond donors (Lipinski definition) is 1. The summed E-state index contributed by atoms with van der Waals surface area (Å²) in [6, 6.07) is 5.75. The van der Waals surface area contributed by atoms with Crippen LogP contribution in [0, 0.1) is 11.8 Å². The maximum absolute atomic E-state index is 9.81. The Morgan fingerprint density at radius 2 is 1.50 bits per heavy atom. The van der Waals surface area contributed by atoms with Gasteiger partial charge >= 0.3 is 0 Å². The third-order valence-corrected chi connectivity index (χ3v) is 5.84. The summed E-state index contributed by atoms with van der Waals surface area (Å²) in [5.41, 5.74) is 1.15. The van der Waals surface area contributed by atoms with Crippen LogP contribution in [0.3, 0.4) is 0 Å². The molecule has 0 bridgehead atoms. The number of halogens is 2. The molecule has 0 aliphatic carbocycles. The van der Waals surface area contributed by atoms with Crippen molar-refractivity contribution < 1.29 is 5.11 Å². The third kappa shape index (κ3) is 5.09. The molecule has 0 radical (unpaired) electrons. The quantitative estimate of drug-likeness (QED) is 0.850. The van der Waals surface area contributed by atoms with Crippen molar-refractivity contribution in [1.29, 1.82) is 0 Å². The second-order valence-corrected chi connectivity index (χ2v) is 8.26. The molecule has 0 spiro atoms. The first-order valence-corrected chi connectivity index (χ1v) is 9.90. The molecule has 1 N–H and O–H groups in total. The SMILES string of the molecule is OC[C@H]1CN(Cc2cc(Cl)cc(Cl)c2)C[C@H]1CN1CCCCCC1. The minimum atomic E-state index is 0.283. The lowest BCUT2D eigenvalue weighted by Gasteiger charge is -2.26. The van der Waals surface area contributed by atoms with E-state index >= 15 is 0 Å². The molecule has 1 aromatic rings. The summed E-state index contributed by atoms with van der Waals surface area (Å²) in [7, 11) is 0. The topological polar surface area (TPSA) is 26.7 Å². The molecule has 0 unspecified atom stereocenters. The van der Waals surface area contributed by atoms with Crippen LogP contribution in [-0.4, -0.2) is 54.2 Å². The van der Waals surface area contributed by atoms with Gasteiger partial charge in [0.25, 0.3) is 0 Å². The van der Waals surface area contributed by atoms with E-state index in [-0.39, 0.29) is 6.61 Å². The Morgan fingerprint density at radius 1 is 0.875 bits per heavy atom. The molecule has 2 aliphatic heterocycles. The van der Waals surface area contributed by atoms with Crippen molar-refractivity contribution >= 4 is 23.2 Å². The van der Waals surface area contributed by atoms with E-state index in [4.69, 9.17) is 23.2 Å². The molecule has 3 rings (SSSR count). The van der Waals surface area contributed by atoms with Gasteiger partial charge in [0, 0.05) is 42.8 Å². The molecule has 0 aromatic heterocycles. The van der Waals surface area contributed by atoms with Crippen LogP contribution in [0.2, 0.25) is 10.0 Å². The lowest BCUT2D eigenvalue weighted by molar-refractivity contribution is 0.165. The van der Waals surface area contributed by atoms with E-state index in [2.05, 4.69) is 9.80 Å². The molecule has 2 atom stereocenters. The van der Waals surface area contributed by atoms with Gasteiger partial charge < -0.3 is 10.0 Å². The number of aliphatic hydroxyl groups excluding tert-OH is 1. The minimum absolute atomic E-state index is 0.283. The minimum Gasteiger partial charge on any atom is -0.396 e. The second-order valence-electron chi connectivity index (χ2n) is 7.39. The Bertz CT molecular complexity index is 512. The van der Waals surface area contributed by atoms with Crippen molar-refractivity contribution in [3.05, 3.63) is 33.8 Å². The number of hydrogen-bond acceptors (Lipinski definition) is 3. The van der Waals surface area contributed by atoms with Crippen molar-refractivity contribution in [2.24, 2.45) is 11.8 Å². The molecule has 2 heterocycles. The molecular weight excluding hydrogens is 343 g/mol. The van der Waals surface area contributed by atoms with E-state index in [1.165, 1.54) is 38.8 Å². The first kappa shape index (κ1) is 18.5. The molecule has 2 fully saturated rings. The fourth-order valence-corrected chi connectivity index (χ4v) is 4.76. The summed E-state index contributed by atoms with van der Waals surface area (Å²) < 4.78 is 0. The molecule has 2 saturated heterocycles. The van der Waals surface area contributed by atoms with Crippen LogP contribution < -0.4 is 0 Å². The number of rotatable bonds is 5. The summed E-state index contributed by atoms with van der Waals surface area (Å²) in [6.45, 7) is 6.71. The molecule has 3 nitrogen and oxygen atoms in total. The Morgan fingerprint density at radius 3 is 2.12 bits per heavy atom. The predicted molar refractivity (Wildman–Crippen MR) is 101 cm³/mol. The molecule has 5 heteroatoms. The zero-order valence-electron chi connectivity index (χ0n) is 14.3. The predicted octanol–water partition coefficient (Wildman–Crippen LogP) is 3.91. The van der Waals surface area contributed by atoms with Gasteiger partial charge in [-0.15, -0.1) is 0 Å². The van der Waals surface area contributed by atoms with E-state index in [1.54, 1.807) is 6.07 Å². The van der Waals surface area contributed by atoms with Crippen molar-refractivity contribution in [1.82, 2.24) is 9.80 Å². The second kappa shape index (κ2) is 8.86. The highest BCUT2D eigenvalue weighted by atomic mass is 35.5. The van der Waals surface area contributed by atoms with Crippen molar-refractivity contribution in [2.45, 2.75) is 32.2 Å². The van der Waals surface area contributed by atoms with Crippen molar-refractivity contribution in [2.75, 3.05) is 39.3 Å². The third-order valence-electron chi connectivity index (χ3n) is 5.41. The van der Waals surface area contributed by atoms with Gasteiger partial charge in [0.15, 0.2) is 0 Å². The molecule has 2 aliphatic rings. The summed E-state index contributed by atoms with van der Waals surface area (Å²) in [5, 5.41) is 11.2. The van der Waals surface area contributed by atoms with Crippen LogP contribution in [0.1, 0.15) is 31.2 Å². The molecule has 0 saturated carbocycles. The van der Waals surface area contributed by atoms with Gasteiger partial charge in [-0.25, -0.2) is 0 Å². The Hall–Kier alpha value is -0.320. The monoisotopic (exact) mass is 370 g/mol. The van der Waals surface area contributed by atoms with E-state index in [0.717, 1.165) is 31.7 Å². The van der Waals surface area contributed by atoms with Crippen LogP contribution >= 0.6 is 23.2 Å². The smallest absolute Gasteiger partial charge is 0.0475 e. The lowest BCUT2D eigenvalue weighted by Crippen LogP contribution is -2.34. The largest absolute Gasteiger partial charge is 0.396 e. The maximum Gasteiger partial charge on any atom is 0.0475 e. The average molecular weight is 371 g/mol. The molecule has 24 heavy (non-hydrogen) atoms. The van der Waals surface area contributed by atoms with Crippen LogP contribution in [0.4, 0.5) is 0 Å². The number of benzene rings is 1. The lowest BCUT2D eigenvalue weighted by atomic mass is 9.96. The standard InChI is InChI=1S/C19H28Cl2N2O/c20-18-7-15(8-19(21)9-18)10-23-12-16(17(13-23)14-24)11-22-5-3-1-2-4-6-22/h7-9,16-17,24H,1-6,10-14H2/t16-,17-/m1/s1. The van der Waals surface area contributed by atoms with Gasteiger partial charge in [0.2, 0.25) is 0 Å². The van der Waals surface area contributed by atoms with E-state index in [0.29, 0.717) is 21.9 Å². The van der Waals surface area contributed by atoms with Crippen LogP contribution in [0.5, 0.6) is 0 Å². The van der Waals surface area contributed by atoms with Gasteiger partial charge in [0.1, 0.15) is 0 Å². The zero-order valence-corrected chi connectivity index (χ0v) is 15.8. The van der Waals surface area contributed by atoms with Crippen molar-refractivity contribution in [3.63, 3.8) is 0 Å². The van der Waals surface area contributed by atoms with Crippen LogP contribution in [0.25, 0.3) is 0 Å². The Kier molecular flexibility index (Phi) is 6.82. The summed E-state index contributed by atoms with van der Waals surface area (Å²) in [4.78, 5) is 5.05. The Labute approximate surface area is 155 Å². The fourth-order valence-electron chi connectivity index (χ4n) is 4.19. The number of likely N-dealkylation sites (tertiary alicyclic amines) is 2. The van der Waals surface area contributed by atoms with Gasteiger partial charge in [-0.2, -0.15) is 0 Å². The number of aliphatic hydroxyl groups is 1. The number of nitrogens with zero attached hydrogens (tertiary/aromatic N) is 2. The van der Waals surface area contributed by atoms with Gasteiger partial charge in [-0.3, -0.25) is 4.90 Å². The van der Waals surface area contributed by atoms with Crippen LogP contribution in [0.15, 0.2) is 18.2 Å². The Balaban J connectivity index is 1.58. The first-order chi connectivity index (χ1) is 11.6. The fraction of sp³-hybridized carbons (Fsp3) is 0.684. The zero-order chi connectivity index (χ0) is 16.9. The van der Waals surface area contributed by atoms with Gasteiger partial charge in [-0.1, -0.05) is 36.0 Å². The highest BCUT2D eigenvalue weighted by Crippen LogP contribution is 2.28. The molecule has 0 amide bonds. The van der Waals surface area contributed by atoms with Crippen molar-refractivity contribution in [3.8, 4) is 0 Å². The average Bonchev–Trinajstić information content (AvgIpc) is 2.73. The van der Waals surface area contributed by atoms with E-state index in [9.17, 15) is 5.11 Å². The molecular formula is C19H28Cl2N2O. The summed E-state index contributed by atoms with van der Waals surface area (Å²) in [5.74, 6) is 0.936. The first-order valence-electron chi connectivity index (χ1n) is 9.14. The summed E-state index contributed by atoms with van der Waals surface area (Å²) >= 11 is 12.2. The van der Waals surface area contributed by atoms with E-state index in [1.807, 2.05) is 12.1 Å². The van der Waals surface area contributed by atoms with Crippen LogP contribution in [-0.2, 0) is 6.54 Å². The van der Waals surface area contributed by atoms with E-state index < -0.39 is 0 Å². The highest BCUT2D eigenvalue weighted by molar-refractivity contribution is 6.34.